The Kier molecular flexibility index (Phi) is 6.23. The molecule has 0 bridgehead atoms. The number of ether oxygens (including phenoxy) is 1. The number of amides is 1. The Labute approximate surface area is 186 Å². The van der Waals surface area contributed by atoms with E-state index in [2.05, 4.69) is 10.3 Å². The molecule has 1 saturated carbocycles. The molecule has 0 spiro atoms. The van der Waals surface area contributed by atoms with Crippen LogP contribution >= 0.6 is 0 Å². The van der Waals surface area contributed by atoms with E-state index < -0.39 is 29.5 Å². The van der Waals surface area contributed by atoms with Gasteiger partial charge in [0.15, 0.2) is 0 Å². The molecule has 33 heavy (non-hydrogen) atoms. The molecule has 1 amide bonds. The van der Waals surface area contributed by atoms with E-state index in [1.807, 2.05) is 6.92 Å². The molecule has 9 heteroatoms. The maximum absolute atomic E-state index is 14.7. The van der Waals surface area contributed by atoms with Gasteiger partial charge in [0.05, 0.1) is 12.0 Å². The van der Waals surface area contributed by atoms with E-state index in [1.54, 1.807) is 18.5 Å². The molecular formula is C24H21F5N2O2. The second-order valence-electron chi connectivity index (χ2n) is 8.06. The summed E-state index contributed by atoms with van der Waals surface area (Å²) in [6.07, 6.45) is -0.768. The summed E-state index contributed by atoms with van der Waals surface area (Å²) in [4.78, 5) is 16.6. The Hall–Kier alpha value is -3.23. The van der Waals surface area contributed by atoms with E-state index in [4.69, 9.17) is 4.74 Å². The van der Waals surface area contributed by atoms with E-state index in [0.717, 1.165) is 17.0 Å². The molecule has 1 heterocycles. The number of aromatic nitrogens is 1. The number of rotatable bonds is 6. The van der Waals surface area contributed by atoms with Crippen molar-refractivity contribution in [3.63, 3.8) is 0 Å². The van der Waals surface area contributed by atoms with Gasteiger partial charge in [0.1, 0.15) is 23.5 Å². The van der Waals surface area contributed by atoms with Crippen LogP contribution in [0.2, 0.25) is 0 Å². The van der Waals surface area contributed by atoms with Crippen molar-refractivity contribution in [1.29, 1.82) is 0 Å². The molecule has 0 unspecified atom stereocenters. The van der Waals surface area contributed by atoms with Crippen molar-refractivity contribution in [1.82, 2.24) is 10.3 Å². The molecular weight excluding hydrogens is 443 g/mol. The predicted molar refractivity (Wildman–Crippen MR) is 112 cm³/mol. The van der Waals surface area contributed by atoms with Crippen molar-refractivity contribution in [3.8, 4) is 5.75 Å². The highest BCUT2D eigenvalue weighted by Gasteiger charge is 2.36. The molecule has 1 fully saturated rings. The molecule has 3 aromatic rings. The van der Waals surface area contributed by atoms with E-state index in [9.17, 15) is 26.7 Å². The molecule has 0 saturated heterocycles. The van der Waals surface area contributed by atoms with Gasteiger partial charge in [0, 0.05) is 42.2 Å². The Morgan fingerprint density at radius 3 is 2.58 bits per heavy atom. The second kappa shape index (κ2) is 8.96. The highest BCUT2D eigenvalue weighted by Crippen LogP contribution is 2.35. The number of nitrogens with zero attached hydrogens (tertiary/aromatic N) is 1. The van der Waals surface area contributed by atoms with Gasteiger partial charge in [0.25, 0.3) is 0 Å². The van der Waals surface area contributed by atoms with Crippen molar-refractivity contribution < 1.29 is 31.5 Å². The number of pyridine rings is 1. The second-order valence-corrected chi connectivity index (χ2v) is 8.06. The van der Waals surface area contributed by atoms with Crippen molar-refractivity contribution >= 4 is 16.7 Å². The number of carbonyl (C=O) groups is 1. The average Bonchev–Trinajstić information content (AvgIpc) is 2.74. The molecule has 2 aromatic carbocycles. The summed E-state index contributed by atoms with van der Waals surface area (Å²) in [6.45, 7) is 1.92. The molecule has 1 aliphatic carbocycles. The van der Waals surface area contributed by atoms with Crippen molar-refractivity contribution in [3.05, 3.63) is 71.1 Å². The smallest absolute Gasteiger partial charge is 0.419 e. The summed E-state index contributed by atoms with van der Waals surface area (Å²) < 4.78 is 72.1. The first-order valence-electron chi connectivity index (χ1n) is 10.5. The minimum absolute atomic E-state index is 0.0864. The summed E-state index contributed by atoms with van der Waals surface area (Å²) in [7, 11) is 0. The van der Waals surface area contributed by atoms with Crippen molar-refractivity contribution in [2.45, 2.75) is 50.9 Å². The summed E-state index contributed by atoms with van der Waals surface area (Å²) >= 11 is 0. The van der Waals surface area contributed by atoms with Crippen molar-refractivity contribution in [2.24, 2.45) is 0 Å². The number of fused-ring (bicyclic) bond motifs is 1. The average molecular weight is 464 g/mol. The summed E-state index contributed by atoms with van der Waals surface area (Å²) in [5.41, 5.74) is -0.281. The maximum Gasteiger partial charge on any atom is 0.419 e. The highest BCUT2D eigenvalue weighted by molar-refractivity contribution is 5.92. The number of nitrogens with one attached hydrogen (secondary N) is 1. The van der Waals surface area contributed by atoms with E-state index in [1.165, 1.54) is 6.07 Å². The normalized spacial score (nSPS) is 18.1. The standard InChI is InChI=1S/C24H21F5N2O2/c1-2-13-7-22(26)18(17-5-6-30-12-19(13)17)11-23(32)31-14-8-16(9-14)33-15-3-4-21(25)20(10-15)24(27,28)29/h3-7,10,12,14,16H,2,8-9,11H2,1H3,(H,31,32). The molecule has 1 N–H and O–H groups in total. The van der Waals surface area contributed by atoms with Crippen LogP contribution < -0.4 is 10.1 Å². The van der Waals surface area contributed by atoms with Crippen LogP contribution in [0.15, 0.2) is 42.7 Å². The van der Waals surface area contributed by atoms with Crippen LogP contribution in [0.3, 0.4) is 0 Å². The largest absolute Gasteiger partial charge is 0.490 e. The SMILES string of the molecule is CCc1cc(F)c(CC(=O)NC2CC(Oc3ccc(F)c(C(F)(F)F)c3)C2)c2ccncc12. The Bertz CT molecular complexity index is 1190. The predicted octanol–water partition coefficient (Wildman–Crippen LogP) is 5.36. The van der Waals surface area contributed by atoms with E-state index >= 15 is 0 Å². The fourth-order valence-corrected chi connectivity index (χ4v) is 4.04. The molecule has 1 aliphatic rings. The number of alkyl halides is 3. The van der Waals surface area contributed by atoms with Gasteiger partial charge in [-0.15, -0.1) is 0 Å². The fourth-order valence-electron chi connectivity index (χ4n) is 4.04. The summed E-state index contributed by atoms with van der Waals surface area (Å²) in [5, 5.41) is 4.25. The number of carbonyl (C=O) groups excluding carboxylic acids is 1. The van der Waals surface area contributed by atoms with Gasteiger partial charge in [-0.2, -0.15) is 13.2 Å². The van der Waals surface area contributed by atoms with Crippen LogP contribution in [0.4, 0.5) is 22.0 Å². The maximum atomic E-state index is 14.7. The Morgan fingerprint density at radius 2 is 1.88 bits per heavy atom. The topological polar surface area (TPSA) is 51.2 Å². The lowest BCUT2D eigenvalue weighted by Crippen LogP contribution is -2.49. The van der Waals surface area contributed by atoms with Gasteiger partial charge in [-0.25, -0.2) is 8.78 Å². The number of benzene rings is 2. The molecule has 1 aromatic heterocycles. The zero-order valence-corrected chi connectivity index (χ0v) is 17.7. The minimum Gasteiger partial charge on any atom is -0.490 e. The van der Waals surface area contributed by atoms with Crippen LogP contribution in [0.5, 0.6) is 5.75 Å². The number of aryl methyl sites for hydroxylation is 1. The molecule has 0 radical (unpaired) electrons. The molecule has 174 valence electrons. The quantitative estimate of drug-likeness (QED) is 0.500. The van der Waals surface area contributed by atoms with Gasteiger partial charge in [0.2, 0.25) is 5.91 Å². The van der Waals surface area contributed by atoms with Gasteiger partial charge in [-0.1, -0.05) is 6.92 Å². The molecule has 4 rings (SSSR count). The Morgan fingerprint density at radius 1 is 1.12 bits per heavy atom. The monoisotopic (exact) mass is 464 g/mol. The van der Waals surface area contributed by atoms with Crippen LogP contribution in [0, 0.1) is 11.6 Å². The van der Waals surface area contributed by atoms with Crippen LogP contribution in [-0.4, -0.2) is 23.0 Å². The van der Waals surface area contributed by atoms with Gasteiger partial charge < -0.3 is 10.1 Å². The summed E-state index contributed by atoms with van der Waals surface area (Å²) in [6, 6.07) is 5.36. The van der Waals surface area contributed by atoms with Crippen LogP contribution in [0.1, 0.15) is 36.5 Å². The lowest BCUT2D eigenvalue weighted by atomic mass is 9.88. The molecule has 4 nitrogen and oxygen atoms in total. The Balaban J connectivity index is 1.36. The van der Waals surface area contributed by atoms with Crippen LogP contribution in [0.25, 0.3) is 10.8 Å². The number of hydrogen-bond donors (Lipinski definition) is 1. The summed E-state index contributed by atoms with van der Waals surface area (Å²) in [5.74, 6) is -2.26. The minimum atomic E-state index is -4.82. The first-order chi connectivity index (χ1) is 15.7. The lowest BCUT2D eigenvalue weighted by molar-refractivity contribution is -0.140. The van der Waals surface area contributed by atoms with E-state index in [-0.39, 0.29) is 24.1 Å². The number of halogens is 5. The van der Waals surface area contributed by atoms with Crippen LogP contribution in [-0.2, 0) is 23.8 Å². The van der Waals surface area contributed by atoms with Gasteiger partial charge >= 0.3 is 6.18 Å². The highest BCUT2D eigenvalue weighted by atomic mass is 19.4. The molecule has 0 atom stereocenters. The first-order valence-corrected chi connectivity index (χ1v) is 10.5. The first kappa shape index (κ1) is 22.9. The zero-order valence-electron chi connectivity index (χ0n) is 17.7. The molecule has 0 aliphatic heterocycles. The zero-order chi connectivity index (χ0) is 23.8. The van der Waals surface area contributed by atoms with Gasteiger partial charge in [-0.3, -0.25) is 9.78 Å². The third-order valence-corrected chi connectivity index (χ3v) is 5.81. The van der Waals surface area contributed by atoms with E-state index in [0.29, 0.717) is 42.3 Å². The fraction of sp³-hybridized carbons (Fsp3) is 0.333. The number of hydrogen-bond acceptors (Lipinski definition) is 3. The lowest BCUT2D eigenvalue weighted by Gasteiger charge is -2.36. The van der Waals surface area contributed by atoms with Crippen molar-refractivity contribution in [2.75, 3.05) is 0 Å². The third-order valence-electron chi connectivity index (χ3n) is 5.81. The third kappa shape index (κ3) is 4.91. The van der Waals surface area contributed by atoms with Gasteiger partial charge in [-0.05, 0) is 47.7 Å².